The minimum absolute atomic E-state index is 0.0247. The van der Waals surface area contributed by atoms with Gasteiger partial charge in [0.2, 0.25) is 0 Å². The number of hydrogen-bond acceptors (Lipinski definition) is 5. The normalized spacial score (nSPS) is 22.8. The van der Waals surface area contributed by atoms with Crippen molar-refractivity contribution in [2.45, 2.75) is 37.7 Å². The fourth-order valence-electron chi connectivity index (χ4n) is 3.68. The third kappa shape index (κ3) is 2.30. The van der Waals surface area contributed by atoms with Gasteiger partial charge >= 0.3 is 0 Å². The molecule has 0 fully saturated rings. The van der Waals surface area contributed by atoms with Crippen LogP contribution in [0.2, 0.25) is 0 Å². The molecule has 6 nitrogen and oxygen atoms in total. The molecule has 0 saturated heterocycles. The van der Waals surface area contributed by atoms with Gasteiger partial charge in [-0.25, -0.2) is 4.68 Å². The number of benzene rings is 1. The lowest BCUT2D eigenvalue weighted by Gasteiger charge is -2.26. The number of carbonyl (C=O) groups excluding carboxylic acids is 1. The van der Waals surface area contributed by atoms with E-state index >= 15 is 0 Å². The molecule has 1 aliphatic heterocycles. The van der Waals surface area contributed by atoms with Crippen molar-refractivity contribution in [3.63, 3.8) is 0 Å². The lowest BCUT2D eigenvalue weighted by molar-refractivity contribution is 0.0848. The molecule has 0 bridgehead atoms. The molecule has 1 aromatic carbocycles. The summed E-state index contributed by atoms with van der Waals surface area (Å²) in [6, 6.07) is 7.91. The van der Waals surface area contributed by atoms with Gasteiger partial charge < -0.3 is 16.2 Å². The third-order valence-corrected chi connectivity index (χ3v) is 4.87. The molecular weight excluding hydrogens is 292 g/mol. The van der Waals surface area contributed by atoms with Crippen LogP contribution >= 0.6 is 0 Å². The zero-order valence-electron chi connectivity index (χ0n) is 12.8. The summed E-state index contributed by atoms with van der Waals surface area (Å²) in [6.45, 7) is 0.769. The van der Waals surface area contributed by atoms with Crippen molar-refractivity contribution in [1.29, 1.82) is 0 Å². The van der Waals surface area contributed by atoms with E-state index in [2.05, 4.69) is 10.4 Å². The van der Waals surface area contributed by atoms with Crippen molar-refractivity contribution in [3.8, 4) is 0 Å². The highest BCUT2D eigenvalue weighted by molar-refractivity contribution is 5.89. The molecule has 1 aliphatic carbocycles. The second kappa shape index (κ2) is 5.38. The summed E-state index contributed by atoms with van der Waals surface area (Å²) >= 11 is 0. The van der Waals surface area contributed by atoms with Crippen molar-refractivity contribution in [3.05, 3.63) is 41.1 Å². The van der Waals surface area contributed by atoms with E-state index in [1.165, 1.54) is 4.68 Å². The van der Waals surface area contributed by atoms with Gasteiger partial charge in [-0.15, -0.1) is 5.10 Å². The zero-order chi connectivity index (χ0) is 16.0. The molecule has 0 amide bonds. The van der Waals surface area contributed by atoms with Crippen LogP contribution in [-0.2, 0) is 12.8 Å². The van der Waals surface area contributed by atoms with Gasteiger partial charge in [0.05, 0.1) is 17.7 Å². The second-order valence-electron chi connectivity index (χ2n) is 6.31. The first-order valence-electron chi connectivity index (χ1n) is 8.06. The molecule has 2 aliphatic rings. The summed E-state index contributed by atoms with van der Waals surface area (Å²) < 4.78 is 1.49. The quantitative estimate of drug-likeness (QED) is 0.743. The lowest BCUT2D eigenvalue weighted by Crippen LogP contribution is -2.30. The van der Waals surface area contributed by atoms with Crippen LogP contribution in [0.25, 0.3) is 0 Å². The van der Waals surface area contributed by atoms with Crippen LogP contribution in [0.15, 0.2) is 24.3 Å². The van der Waals surface area contributed by atoms with E-state index in [-0.39, 0.29) is 11.8 Å². The average molecular weight is 312 g/mol. The first kappa shape index (κ1) is 14.3. The van der Waals surface area contributed by atoms with E-state index in [4.69, 9.17) is 5.73 Å². The first-order valence-corrected chi connectivity index (χ1v) is 8.06. The Morgan fingerprint density at radius 2 is 2.17 bits per heavy atom. The van der Waals surface area contributed by atoms with Crippen molar-refractivity contribution >= 4 is 17.4 Å². The topological polar surface area (TPSA) is 93.2 Å². The summed E-state index contributed by atoms with van der Waals surface area (Å²) in [7, 11) is 0. The average Bonchev–Trinajstić information content (AvgIpc) is 2.90. The Hall–Kier alpha value is -2.34. The Balaban J connectivity index is 1.73. The zero-order valence-corrected chi connectivity index (χ0v) is 12.8. The highest BCUT2D eigenvalue weighted by Gasteiger charge is 2.32. The molecule has 4 N–H and O–H groups in total. The molecule has 1 unspecified atom stereocenters. The fourth-order valence-corrected chi connectivity index (χ4v) is 3.68. The van der Waals surface area contributed by atoms with E-state index in [9.17, 15) is 9.90 Å². The summed E-state index contributed by atoms with van der Waals surface area (Å²) in [5, 5.41) is 17.4. The van der Waals surface area contributed by atoms with E-state index in [0.717, 1.165) is 35.5 Å². The number of nitrogens with two attached hydrogens (primary N) is 1. The van der Waals surface area contributed by atoms with E-state index in [1.54, 1.807) is 0 Å². The monoisotopic (exact) mass is 312 g/mol. The number of carbonyl (C=O) groups is 1. The third-order valence-electron chi connectivity index (χ3n) is 4.87. The van der Waals surface area contributed by atoms with Crippen LogP contribution in [-0.4, -0.2) is 33.4 Å². The summed E-state index contributed by atoms with van der Waals surface area (Å²) in [5.74, 6) is 0.139. The van der Waals surface area contributed by atoms with E-state index in [1.807, 2.05) is 24.3 Å². The molecular formula is C17H20N4O2. The van der Waals surface area contributed by atoms with Gasteiger partial charge in [-0.1, -0.05) is 18.2 Å². The van der Waals surface area contributed by atoms with Gasteiger partial charge in [0.15, 0.2) is 0 Å². The molecule has 120 valence electrons. The minimum atomic E-state index is -0.392. The number of aliphatic hydroxyl groups excluding tert-OH is 1. The first-order chi connectivity index (χ1) is 11.1. The SMILES string of the molecule is Nc1nn(C(=O)C2CCNc3ccccc32)c2c1C[C@H](O)CC2. The highest BCUT2D eigenvalue weighted by Crippen LogP contribution is 2.34. The summed E-state index contributed by atoms with van der Waals surface area (Å²) in [4.78, 5) is 13.1. The number of fused-ring (bicyclic) bond motifs is 2. The molecule has 0 saturated carbocycles. The van der Waals surface area contributed by atoms with Crippen LogP contribution in [0.3, 0.4) is 0 Å². The largest absolute Gasteiger partial charge is 0.393 e. The Labute approximate surface area is 134 Å². The maximum atomic E-state index is 13.1. The van der Waals surface area contributed by atoms with Gasteiger partial charge in [-0.3, -0.25) is 4.79 Å². The number of nitrogens with one attached hydrogen (secondary N) is 1. The Kier molecular flexibility index (Phi) is 3.34. The number of hydrogen-bond donors (Lipinski definition) is 3. The molecule has 1 aromatic heterocycles. The number of anilines is 2. The smallest absolute Gasteiger partial charge is 0.254 e. The van der Waals surface area contributed by atoms with E-state index < -0.39 is 6.10 Å². The summed E-state index contributed by atoms with van der Waals surface area (Å²) in [5.41, 5.74) is 9.71. The maximum Gasteiger partial charge on any atom is 0.254 e. The van der Waals surface area contributed by atoms with Crippen molar-refractivity contribution in [1.82, 2.24) is 9.78 Å². The Morgan fingerprint density at radius 3 is 3.04 bits per heavy atom. The van der Waals surface area contributed by atoms with Crippen LogP contribution in [0.1, 0.15) is 40.4 Å². The van der Waals surface area contributed by atoms with Crippen LogP contribution < -0.4 is 11.1 Å². The molecule has 0 radical (unpaired) electrons. The number of nitrogens with zero attached hydrogens (tertiary/aromatic N) is 2. The second-order valence-corrected chi connectivity index (χ2v) is 6.31. The molecule has 4 rings (SSSR count). The van der Waals surface area contributed by atoms with Crippen LogP contribution in [0, 0.1) is 0 Å². The van der Waals surface area contributed by atoms with Crippen LogP contribution in [0.4, 0.5) is 11.5 Å². The molecule has 2 heterocycles. The predicted octanol–water partition coefficient (Wildman–Crippen LogP) is 1.55. The van der Waals surface area contributed by atoms with Gasteiger partial charge in [0, 0.05) is 24.2 Å². The highest BCUT2D eigenvalue weighted by atomic mass is 16.3. The number of para-hydroxylation sites is 1. The molecule has 23 heavy (non-hydrogen) atoms. The fraction of sp³-hybridized carbons (Fsp3) is 0.412. The Bertz CT molecular complexity index is 768. The molecule has 2 aromatic rings. The lowest BCUT2D eigenvalue weighted by atomic mass is 9.89. The number of nitrogen functional groups attached to an aromatic ring is 1. The predicted molar refractivity (Wildman–Crippen MR) is 87.6 cm³/mol. The minimum Gasteiger partial charge on any atom is -0.393 e. The summed E-state index contributed by atoms with van der Waals surface area (Å²) in [6.07, 6.45) is 2.12. The van der Waals surface area contributed by atoms with Gasteiger partial charge in [-0.2, -0.15) is 0 Å². The van der Waals surface area contributed by atoms with Crippen LogP contribution in [0.5, 0.6) is 0 Å². The van der Waals surface area contributed by atoms with Gasteiger partial charge in [0.25, 0.3) is 5.91 Å². The van der Waals surface area contributed by atoms with Gasteiger partial charge in [0.1, 0.15) is 5.82 Å². The number of rotatable bonds is 1. The Morgan fingerprint density at radius 1 is 1.35 bits per heavy atom. The number of aromatic nitrogens is 2. The molecule has 2 atom stereocenters. The van der Waals surface area contributed by atoms with Crippen molar-refractivity contribution in [2.75, 3.05) is 17.6 Å². The van der Waals surface area contributed by atoms with Crippen molar-refractivity contribution in [2.24, 2.45) is 0 Å². The molecule has 6 heteroatoms. The molecule has 0 spiro atoms. The van der Waals surface area contributed by atoms with Gasteiger partial charge in [-0.05, 0) is 30.9 Å². The van der Waals surface area contributed by atoms with Crippen molar-refractivity contribution < 1.29 is 9.90 Å². The standard InChI is InChI=1S/C17H20N4O2/c18-16-13-9-10(22)5-6-15(13)21(20-16)17(23)12-7-8-19-14-4-2-1-3-11(12)14/h1-4,10,12,19,22H,5-9H2,(H2,18,20)/t10-,12?/m1/s1. The maximum absolute atomic E-state index is 13.1. The number of aliphatic hydroxyl groups is 1. The van der Waals surface area contributed by atoms with E-state index in [0.29, 0.717) is 25.1 Å².